The molecule has 1 N–H and O–H groups in total. The second-order valence-corrected chi connectivity index (χ2v) is 3.15. The maximum Gasteiger partial charge on any atom is 0.153 e. The van der Waals surface area contributed by atoms with Gasteiger partial charge in [0.1, 0.15) is 5.52 Å². The summed E-state index contributed by atoms with van der Waals surface area (Å²) in [6.45, 7) is 1.84. The third-order valence-corrected chi connectivity index (χ3v) is 2.13. The van der Waals surface area contributed by atoms with Gasteiger partial charge in [-0.25, -0.2) is 4.98 Å². The first-order valence-electron chi connectivity index (χ1n) is 4.27. The van der Waals surface area contributed by atoms with Gasteiger partial charge in [0.25, 0.3) is 0 Å². The number of hydrogen-bond donors (Lipinski definition) is 1. The Balaban J connectivity index is 2.86. The molecule has 1 aromatic heterocycles. The van der Waals surface area contributed by atoms with Crippen LogP contribution >= 0.6 is 0 Å². The first-order valence-corrected chi connectivity index (χ1v) is 4.27. The molecule has 0 aliphatic heterocycles. The normalized spacial score (nSPS) is 10.4. The van der Waals surface area contributed by atoms with Gasteiger partial charge in [0.05, 0.1) is 5.56 Å². The van der Waals surface area contributed by atoms with E-state index < -0.39 is 0 Å². The van der Waals surface area contributed by atoms with Gasteiger partial charge < -0.3 is 5.11 Å². The molecule has 0 amide bonds. The third-order valence-electron chi connectivity index (χ3n) is 2.13. The van der Waals surface area contributed by atoms with E-state index in [-0.39, 0.29) is 11.3 Å². The monoisotopic (exact) mass is 187 g/mol. The summed E-state index contributed by atoms with van der Waals surface area (Å²) in [6.07, 6.45) is 0.624. The number of carbonyl (C=O) groups excluding carboxylic acids is 1. The highest BCUT2D eigenvalue weighted by Gasteiger charge is 2.06. The van der Waals surface area contributed by atoms with Crippen LogP contribution in [-0.4, -0.2) is 16.4 Å². The molecular formula is C11H9NO2. The number of aryl methyl sites for hydroxylation is 1. The number of carbonyl (C=O) groups is 1. The molecule has 70 valence electrons. The zero-order valence-electron chi connectivity index (χ0n) is 7.69. The summed E-state index contributed by atoms with van der Waals surface area (Å²) in [4.78, 5) is 14.7. The van der Waals surface area contributed by atoms with Crippen molar-refractivity contribution < 1.29 is 9.90 Å². The molecule has 1 aromatic carbocycles. The van der Waals surface area contributed by atoms with Crippen LogP contribution < -0.4 is 0 Å². The van der Waals surface area contributed by atoms with Crippen molar-refractivity contribution in [2.24, 2.45) is 0 Å². The summed E-state index contributed by atoms with van der Waals surface area (Å²) in [5.74, 6) is -0.0406. The van der Waals surface area contributed by atoms with Gasteiger partial charge in [0.2, 0.25) is 0 Å². The fraction of sp³-hybridized carbons (Fsp3) is 0.0909. The molecule has 0 aliphatic carbocycles. The predicted octanol–water partition coefficient (Wildman–Crippen LogP) is 2.06. The summed E-state index contributed by atoms with van der Waals surface area (Å²) in [7, 11) is 0. The number of phenolic OH excluding ortho intramolecular Hbond substituents is 1. The lowest BCUT2D eigenvalue weighted by atomic mass is 10.1. The number of nitrogens with zero attached hydrogens (tertiary/aromatic N) is 1. The highest BCUT2D eigenvalue weighted by molar-refractivity contribution is 5.93. The van der Waals surface area contributed by atoms with Crippen LogP contribution in [-0.2, 0) is 0 Å². The van der Waals surface area contributed by atoms with Crippen molar-refractivity contribution in [3.8, 4) is 5.75 Å². The Morgan fingerprint density at radius 3 is 2.71 bits per heavy atom. The summed E-state index contributed by atoms with van der Waals surface area (Å²) in [5, 5.41) is 10.5. The van der Waals surface area contributed by atoms with Crippen LogP contribution in [0.3, 0.4) is 0 Å². The molecule has 0 saturated carbocycles. The number of pyridine rings is 1. The first kappa shape index (κ1) is 8.69. The van der Waals surface area contributed by atoms with Gasteiger partial charge in [-0.2, -0.15) is 0 Å². The second kappa shape index (κ2) is 3.10. The van der Waals surface area contributed by atoms with Gasteiger partial charge in [0.15, 0.2) is 12.0 Å². The van der Waals surface area contributed by atoms with Crippen LogP contribution in [0, 0.1) is 6.92 Å². The zero-order valence-corrected chi connectivity index (χ0v) is 7.69. The molecule has 0 unspecified atom stereocenters. The standard InChI is InChI=1S/C11H9NO2/c1-7-2-3-8-4-5-9(6-13)11(14)10(8)12-7/h2-6,14H,1H3. The molecule has 0 atom stereocenters. The maximum atomic E-state index is 10.6. The molecular weight excluding hydrogens is 178 g/mol. The number of fused-ring (bicyclic) bond motifs is 1. The maximum absolute atomic E-state index is 10.6. The Bertz CT molecular complexity index is 506. The van der Waals surface area contributed by atoms with Gasteiger partial charge in [-0.1, -0.05) is 12.1 Å². The molecule has 3 nitrogen and oxygen atoms in total. The van der Waals surface area contributed by atoms with Gasteiger partial charge in [-0.3, -0.25) is 4.79 Å². The van der Waals surface area contributed by atoms with Crippen molar-refractivity contribution in [2.45, 2.75) is 6.92 Å². The lowest BCUT2D eigenvalue weighted by molar-refractivity contribution is 0.112. The Hall–Kier alpha value is -1.90. The number of aldehydes is 1. The molecule has 0 radical (unpaired) electrons. The van der Waals surface area contributed by atoms with E-state index in [0.717, 1.165) is 11.1 Å². The Labute approximate surface area is 81.0 Å². The van der Waals surface area contributed by atoms with Gasteiger partial charge in [-0.05, 0) is 19.1 Å². The fourth-order valence-corrected chi connectivity index (χ4v) is 1.38. The number of rotatable bonds is 1. The molecule has 0 bridgehead atoms. The van der Waals surface area contributed by atoms with Gasteiger partial charge in [0, 0.05) is 11.1 Å². The quantitative estimate of drug-likeness (QED) is 0.695. The Kier molecular flexibility index (Phi) is 1.93. The minimum atomic E-state index is -0.0406. The van der Waals surface area contributed by atoms with Crippen LogP contribution in [0.5, 0.6) is 5.75 Å². The van der Waals surface area contributed by atoms with E-state index in [1.165, 1.54) is 0 Å². The average Bonchev–Trinajstić information content (AvgIpc) is 2.20. The van der Waals surface area contributed by atoms with Crippen molar-refractivity contribution in [2.75, 3.05) is 0 Å². The molecule has 2 rings (SSSR count). The summed E-state index contributed by atoms with van der Waals surface area (Å²) >= 11 is 0. The lowest BCUT2D eigenvalue weighted by Crippen LogP contribution is -1.87. The number of aromatic nitrogens is 1. The minimum absolute atomic E-state index is 0.0406. The molecule has 0 saturated heterocycles. The summed E-state index contributed by atoms with van der Waals surface area (Å²) in [6, 6.07) is 7.08. The van der Waals surface area contributed by atoms with Gasteiger partial charge in [-0.15, -0.1) is 0 Å². The highest BCUT2D eigenvalue weighted by Crippen LogP contribution is 2.25. The van der Waals surface area contributed by atoms with Crippen molar-refractivity contribution in [3.63, 3.8) is 0 Å². The average molecular weight is 187 g/mol. The first-order chi connectivity index (χ1) is 6.72. The number of benzene rings is 1. The Morgan fingerprint density at radius 1 is 1.29 bits per heavy atom. The molecule has 0 spiro atoms. The topological polar surface area (TPSA) is 50.2 Å². The van der Waals surface area contributed by atoms with Crippen molar-refractivity contribution in [1.82, 2.24) is 4.98 Å². The number of hydrogen-bond acceptors (Lipinski definition) is 3. The second-order valence-electron chi connectivity index (χ2n) is 3.15. The van der Waals surface area contributed by atoms with Crippen molar-refractivity contribution in [1.29, 1.82) is 0 Å². The number of phenols is 1. The predicted molar refractivity (Wildman–Crippen MR) is 53.5 cm³/mol. The minimum Gasteiger partial charge on any atom is -0.505 e. The fourth-order valence-electron chi connectivity index (χ4n) is 1.38. The largest absolute Gasteiger partial charge is 0.505 e. The van der Waals surface area contributed by atoms with Crippen molar-refractivity contribution in [3.05, 3.63) is 35.5 Å². The van der Waals surface area contributed by atoms with Gasteiger partial charge >= 0.3 is 0 Å². The van der Waals surface area contributed by atoms with Crippen LogP contribution in [0.1, 0.15) is 16.1 Å². The smallest absolute Gasteiger partial charge is 0.153 e. The molecule has 14 heavy (non-hydrogen) atoms. The van der Waals surface area contributed by atoms with Crippen LogP contribution in [0.15, 0.2) is 24.3 Å². The van der Waals surface area contributed by atoms with Crippen LogP contribution in [0.4, 0.5) is 0 Å². The third kappa shape index (κ3) is 1.23. The van der Waals surface area contributed by atoms with E-state index in [9.17, 15) is 9.90 Å². The molecule has 0 aliphatic rings. The van der Waals surface area contributed by atoms with E-state index in [1.807, 2.05) is 19.1 Å². The molecule has 2 aromatic rings. The molecule has 0 fully saturated rings. The van der Waals surface area contributed by atoms with E-state index in [0.29, 0.717) is 11.8 Å². The zero-order chi connectivity index (χ0) is 10.1. The molecule has 1 heterocycles. The van der Waals surface area contributed by atoms with E-state index in [4.69, 9.17) is 0 Å². The van der Waals surface area contributed by atoms with Crippen LogP contribution in [0.25, 0.3) is 10.9 Å². The lowest BCUT2D eigenvalue weighted by Gasteiger charge is -2.02. The van der Waals surface area contributed by atoms with Crippen molar-refractivity contribution >= 4 is 17.2 Å². The molecule has 3 heteroatoms. The van der Waals surface area contributed by atoms with Crippen LogP contribution in [0.2, 0.25) is 0 Å². The van der Waals surface area contributed by atoms with E-state index in [1.54, 1.807) is 12.1 Å². The van der Waals surface area contributed by atoms with E-state index >= 15 is 0 Å². The van der Waals surface area contributed by atoms with E-state index in [2.05, 4.69) is 4.98 Å². The highest BCUT2D eigenvalue weighted by atomic mass is 16.3. The summed E-state index contributed by atoms with van der Waals surface area (Å²) in [5.41, 5.74) is 1.57. The number of aromatic hydroxyl groups is 1. The SMILES string of the molecule is Cc1ccc2ccc(C=O)c(O)c2n1. The summed E-state index contributed by atoms with van der Waals surface area (Å²) < 4.78 is 0. The Morgan fingerprint density at radius 2 is 2.00 bits per heavy atom.